The molecule has 0 aliphatic heterocycles. The molecule has 74 valence electrons. The largest absolute Gasteiger partial charge is 0.319 e. The molecule has 0 heterocycles. The van der Waals surface area contributed by atoms with E-state index in [4.69, 9.17) is 0 Å². The fourth-order valence-electron chi connectivity index (χ4n) is 4.61. The van der Waals surface area contributed by atoms with Gasteiger partial charge in [-0.15, -0.1) is 0 Å². The van der Waals surface area contributed by atoms with Crippen LogP contribution in [0.3, 0.4) is 0 Å². The third kappa shape index (κ3) is 1.24. The van der Waals surface area contributed by atoms with Crippen LogP contribution in [0.2, 0.25) is 0 Å². The topological polar surface area (TPSA) is 12.0 Å². The second kappa shape index (κ2) is 2.98. The molecular weight excluding hydrogens is 158 g/mol. The molecule has 0 radical (unpaired) electrons. The monoisotopic (exact) mass is 179 g/mol. The minimum atomic E-state index is 1.04. The zero-order valence-corrected chi connectivity index (χ0v) is 8.63. The lowest BCUT2D eigenvalue weighted by atomic mass is 9.52. The van der Waals surface area contributed by atoms with E-state index in [9.17, 15) is 0 Å². The van der Waals surface area contributed by atoms with E-state index in [1.165, 1.54) is 6.54 Å². The summed E-state index contributed by atoms with van der Waals surface area (Å²) < 4.78 is 0. The number of hydrogen-bond donors (Lipinski definition) is 1. The van der Waals surface area contributed by atoms with Gasteiger partial charge in [0, 0.05) is 0 Å². The molecule has 0 aromatic heterocycles. The molecule has 0 aromatic carbocycles. The maximum atomic E-state index is 3.40. The Hall–Kier alpha value is -0.0400. The minimum absolute atomic E-state index is 1.04. The Morgan fingerprint density at radius 3 is 1.92 bits per heavy atom. The van der Waals surface area contributed by atoms with Crippen LogP contribution in [-0.4, -0.2) is 13.6 Å². The third-order valence-corrected chi connectivity index (χ3v) is 4.86. The van der Waals surface area contributed by atoms with Crippen molar-refractivity contribution >= 4 is 0 Å². The molecule has 0 saturated heterocycles. The number of nitrogens with one attached hydrogen (secondary N) is 1. The molecule has 0 aromatic rings. The van der Waals surface area contributed by atoms with E-state index in [0.717, 1.165) is 29.6 Å². The molecule has 4 fully saturated rings. The standard InChI is InChI=1S/C12H21N/c1-13-7-12-10-3-8-2-9(5-10)6-11(12)4-8/h8-13H,2-7H2,1H3. The van der Waals surface area contributed by atoms with Crippen LogP contribution in [0.4, 0.5) is 0 Å². The SMILES string of the molecule is CNCC1C2CC3CC(C2)CC1C3. The lowest BCUT2D eigenvalue weighted by Gasteiger charge is -2.54. The predicted molar refractivity (Wildman–Crippen MR) is 54.5 cm³/mol. The van der Waals surface area contributed by atoms with Crippen molar-refractivity contribution in [3.63, 3.8) is 0 Å². The Morgan fingerprint density at radius 1 is 0.923 bits per heavy atom. The molecule has 1 N–H and O–H groups in total. The van der Waals surface area contributed by atoms with Crippen LogP contribution >= 0.6 is 0 Å². The van der Waals surface area contributed by atoms with E-state index < -0.39 is 0 Å². The highest BCUT2D eigenvalue weighted by molar-refractivity contribution is 4.98. The summed E-state index contributed by atoms with van der Waals surface area (Å²) in [6.07, 6.45) is 7.86. The van der Waals surface area contributed by atoms with Crippen molar-refractivity contribution in [1.29, 1.82) is 0 Å². The molecule has 4 saturated carbocycles. The van der Waals surface area contributed by atoms with Crippen LogP contribution in [0, 0.1) is 29.6 Å². The minimum Gasteiger partial charge on any atom is -0.319 e. The van der Waals surface area contributed by atoms with Crippen molar-refractivity contribution in [2.75, 3.05) is 13.6 Å². The first-order chi connectivity index (χ1) is 6.36. The molecule has 0 spiro atoms. The first-order valence-corrected chi connectivity index (χ1v) is 6.01. The Bertz CT molecular complexity index is 171. The van der Waals surface area contributed by atoms with Gasteiger partial charge in [0.25, 0.3) is 0 Å². The van der Waals surface area contributed by atoms with E-state index in [-0.39, 0.29) is 0 Å². The number of rotatable bonds is 2. The van der Waals surface area contributed by atoms with Crippen molar-refractivity contribution in [3.8, 4) is 0 Å². The van der Waals surface area contributed by atoms with E-state index in [1.807, 2.05) is 0 Å². The fraction of sp³-hybridized carbons (Fsp3) is 1.00. The van der Waals surface area contributed by atoms with E-state index in [2.05, 4.69) is 12.4 Å². The van der Waals surface area contributed by atoms with Gasteiger partial charge in [0.05, 0.1) is 0 Å². The van der Waals surface area contributed by atoms with Crippen molar-refractivity contribution in [1.82, 2.24) is 5.32 Å². The van der Waals surface area contributed by atoms with Gasteiger partial charge < -0.3 is 5.32 Å². The quantitative estimate of drug-likeness (QED) is 0.685. The molecule has 0 unspecified atom stereocenters. The highest BCUT2D eigenvalue weighted by Crippen LogP contribution is 2.56. The predicted octanol–water partition coefficient (Wildman–Crippen LogP) is 2.28. The molecule has 0 atom stereocenters. The molecule has 4 aliphatic rings. The summed E-state index contributed by atoms with van der Waals surface area (Å²) in [6, 6.07) is 0. The molecular formula is C12H21N. The molecule has 4 rings (SSSR count). The smallest absolute Gasteiger partial charge is 0.00182 e. The zero-order valence-electron chi connectivity index (χ0n) is 8.63. The van der Waals surface area contributed by atoms with Crippen molar-refractivity contribution in [2.45, 2.75) is 32.1 Å². The van der Waals surface area contributed by atoms with Gasteiger partial charge in [0.1, 0.15) is 0 Å². The normalized spacial score (nSPS) is 52.8. The van der Waals surface area contributed by atoms with Gasteiger partial charge in [0.2, 0.25) is 0 Å². The van der Waals surface area contributed by atoms with Crippen molar-refractivity contribution < 1.29 is 0 Å². The lowest BCUT2D eigenvalue weighted by molar-refractivity contribution is -0.0347. The Morgan fingerprint density at radius 2 is 1.46 bits per heavy atom. The Labute approximate surface area is 81.3 Å². The van der Waals surface area contributed by atoms with Crippen LogP contribution in [0.1, 0.15) is 32.1 Å². The summed E-state index contributed by atoms with van der Waals surface area (Å²) in [6.45, 7) is 1.29. The second-order valence-electron chi connectivity index (χ2n) is 5.65. The van der Waals surface area contributed by atoms with Gasteiger partial charge in [-0.25, -0.2) is 0 Å². The van der Waals surface area contributed by atoms with E-state index in [0.29, 0.717) is 0 Å². The summed E-state index contributed by atoms with van der Waals surface area (Å²) in [7, 11) is 2.12. The van der Waals surface area contributed by atoms with E-state index in [1.54, 1.807) is 32.1 Å². The Kier molecular flexibility index (Phi) is 1.90. The Balaban J connectivity index is 1.77. The molecule has 0 amide bonds. The van der Waals surface area contributed by atoms with Crippen LogP contribution in [0.25, 0.3) is 0 Å². The maximum Gasteiger partial charge on any atom is -0.00182 e. The highest BCUT2D eigenvalue weighted by atomic mass is 14.8. The van der Waals surface area contributed by atoms with Gasteiger partial charge in [-0.1, -0.05) is 0 Å². The summed E-state index contributed by atoms with van der Waals surface area (Å²) in [5, 5.41) is 3.40. The first-order valence-electron chi connectivity index (χ1n) is 6.01. The zero-order chi connectivity index (χ0) is 8.84. The molecule has 1 heteroatoms. The van der Waals surface area contributed by atoms with E-state index >= 15 is 0 Å². The third-order valence-electron chi connectivity index (χ3n) is 4.86. The van der Waals surface area contributed by atoms with Crippen molar-refractivity contribution in [3.05, 3.63) is 0 Å². The number of hydrogen-bond acceptors (Lipinski definition) is 1. The van der Waals surface area contributed by atoms with Gasteiger partial charge in [-0.3, -0.25) is 0 Å². The van der Waals surface area contributed by atoms with Gasteiger partial charge in [-0.05, 0) is 75.3 Å². The summed E-state index contributed by atoms with van der Waals surface area (Å²) in [5.74, 6) is 5.51. The van der Waals surface area contributed by atoms with Gasteiger partial charge in [-0.2, -0.15) is 0 Å². The summed E-state index contributed by atoms with van der Waals surface area (Å²) >= 11 is 0. The first kappa shape index (κ1) is 8.28. The average molecular weight is 179 g/mol. The van der Waals surface area contributed by atoms with Crippen LogP contribution in [0.15, 0.2) is 0 Å². The van der Waals surface area contributed by atoms with Crippen LogP contribution in [0.5, 0.6) is 0 Å². The molecule has 4 bridgehead atoms. The lowest BCUT2D eigenvalue weighted by Crippen LogP contribution is -2.47. The summed E-state index contributed by atoms with van der Waals surface area (Å²) in [4.78, 5) is 0. The van der Waals surface area contributed by atoms with Gasteiger partial charge in [0.15, 0.2) is 0 Å². The molecule has 1 nitrogen and oxygen atoms in total. The average Bonchev–Trinajstić information content (AvgIpc) is 2.10. The maximum absolute atomic E-state index is 3.40. The molecule has 13 heavy (non-hydrogen) atoms. The highest BCUT2D eigenvalue weighted by Gasteiger charge is 2.47. The van der Waals surface area contributed by atoms with Crippen LogP contribution in [-0.2, 0) is 0 Å². The second-order valence-corrected chi connectivity index (χ2v) is 5.65. The molecule has 4 aliphatic carbocycles. The fourth-order valence-corrected chi connectivity index (χ4v) is 4.61. The van der Waals surface area contributed by atoms with Gasteiger partial charge >= 0.3 is 0 Å². The summed E-state index contributed by atoms with van der Waals surface area (Å²) in [5.41, 5.74) is 0. The van der Waals surface area contributed by atoms with Crippen LogP contribution < -0.4 is 5.32 Å². The van der Waals surface area contributed by atoms with Crippen molar-refractivity contribution in [2.24, 2.45) is 29.6 Å².